The molecule has 6 rings (SSSR count). The van der Waals surface area contributed by atoms with E-state index < -0.39 is 0 Å². The molecule has 0 spiro atoms. The normalized spacial score (nSPS) is 14.0. The first-order chi connectivity index (χ1) is 21.6. The Balaban J connectivity index is 1.01. The number of amides is 4. The molecule has 5 aromatic rings. The van der Waals surface area contributed by atoms with Crippen molar-refractivity contribution in [1.29, 1.82) is 0 Å². The molecule has 4 amide bonds. The van der Waals surface area contributed by atoms with E-state index in [0.717, 1.165) is 46.3 Å². The number of aromatic nitrogens is 4. The Morgan fingerprint density at radius 1 is 0.956 bits per heavy atom. The summed E-state index contributed by atoms with van der Waals surface area (Å²) in [5.41, 5.74) is 4.68. The standard InChI is InChI=1S/C34H38N8O2S/c1-22-5-11-26(12-6-22)42-30(20-29(40-42)34(2,3)4)38-32(43)37-25-9-7-23(8-10-25)19-24-14-17-41(18-15-24)33(44)39-31-27-21-36-45-28(27)13-16-35-31/h5-13,16,20-21,24H,14-15,17-19H2,1-4H3,(H,35,39,44)(H2,37,38,43). The lowest BCUT2D eigenvalue weighted by atomic mass is 9.90. The number of urea groups is 2. The van der Waals surface area contributed by atoms with Crippen molar-refractivity contribution in [2.24, 2.45) is 5.92 Å². The van der Waals surface area contributed by atoms with Gasteiger partial charge in [-0.1, -0.05) is 50.6 Å². The van der Waals surface area contributed by atoms with Crippen LogP contribution in [-0.2, 0) is 11.8 Å². The van der Waals surface area contributed by atoms with Crippen LogP contribution in [0.2, 0.25) is 0 Å². The summed E-state index contributed by atoms with van der Waals surface area (Å²) in [4.78, 5) is 32.1. The molecule has 3 aromatic heterocycles. The molecule has 0 atom stereocenters. The summed E-state index contributed by atoms with van der Waals surface area (Å²) in [7, 11) is 0. The Hall–Kier alpha value is -4.77. The Labute approximate surface area is 267 Å². The average Bonchev–Trinajstić information content (AvgIpc) is 3.67. The van der Waals surface area contributed by atoms with Gasteiger partial charge in [-0.15, -0.1) is 0 Å². The highest BCUT2D eigenvalue weighted by Gasteiger charge is 2.24. The van der Waals surface area contributed by atoms with Crippen LogP contribution in [0.4, 0.5) is 26.9 Å². The van der Waals surface area contributed by atoms with Crippen LogP contribution >= 0.6 is 11.5 Å². The number of likely N-dealkylation sites (tertiary alicyclic amines) is 1. The number of anilines is 3. The zero-order chi connectivity index (χ0) is 31.6. The number of carbonyl (C=O) groups is 2. The van der Waals surface area contributed by atoms with Gasteiger partial charge in [0.25, 0.3) is 0 Å². The number of piperidine rings is 1. The largest absolute Gasteiger partial charge is 0.324 e. The summed E-state index contributed by atoms with van der Waals surface area (Å²) in [5.74, 6) is 1.65. The fraction of sp³-hybridized carbons (Fsp3) is 0.324. The molecule has 0 bridgehead atoms. The number of nitrogens with one attached hydrogen (secondary N) is 3. The van der Waals surface area contributed by atoms with Gasteiger partial charge in [0, 0.05) is 36.5 Å². The minimum atomic E-state index is -0.330. The second-order valence-corrected chi connectivity index (χ2v) is 13.5. The van der Waals surface area contributed by atoms with Gasteiger partial charge in [0.1, 0.15) is 11.6 Å². The second kappa shape index (κ2) is 12.7. The summed E-state index contributed by atoms with van der Waals surface area (Å²) < 4.78 is 6.98. The van der Waals surface area contributed by atoms with E-state index >= 15 is 0 Å². The minimum absolute atomic E-state index is 0.120. The molecule has 1 aliphatic rings. The highest BCUT2D eigenvalue weighted by atomic mass is 32.1. The maximum absolute atomic E-state index is 13.0. The van der Waals surface area contributed by atoms with Crippen molar-refractivity contribution in [2.45, 2.75) is 52.4 Å². The van der Waals surface area contributed by atoms with Gasteiger partial charge >= 0.3 is 12.1 Å². The lowest BCUT2D eigenvalue weighted by Gasteiger charge is -2.32. The summed E-state index contributed by atoms with van der Waals surface area (Å²) in [5, 5.41) is 14.6. The number of fused-ring (bicyclic) bond motifs is 1. The predicted molar refractivity (Wildman–Crippen MR) is 181 cm³/mol. The molecule has 11 heteroatoms. The molecule has 232 valence electrons. The molecule has 0 aliphatic carbocycles. The lowest BCUT2D eigenvalue weighted by molar-refractivity contribution is 0.182. The fourth-order valence-electron chi connectivity index (χ4n) is 5.47. The van der Waals surface area contributed by atoms with Crippen molar-refractivity contribution in [3.63, 3.8) is 0 Å². The Bertz CT molecular complexity index is 1800. The van der Waals surface area contributed by atoms with E-state index in [9.17, 15) is 9.59 Å². The summed E-state index contributed by atoms with van der Waals surface area (Å²) in [6, 6.07) is 19.4. The van der Waals surface area contributed by atoms with Crippen molar-refractivity contribution in [3.05, 3.63) is 89.9 Å². The maximum atomic E-state index is 13.0. The molecule has 45 heavy (non-hydrogen) atoms. The number of rotatable bonds is 6. The van der Waals surface area contributed by atoms with E-state index in [4.69, 9.17) is 5.10 Å². The van der Waals surface area contributed by atoms with Crippen molar-refractivity contribution in [2.75, 3.05) is 29.0 Å². The fourth-order valence-corrected chi connectivity index (χ4v) is 6.11. The summed E-state index contributed by atoms with van der Waals surface area (Å²) >= 11 is 1.39. The van der Waals surface area contributed by atoms with Crippen molar-refractivity contribution in [3.8, 4) is 5.69 Å². The maximum Gasteiger partial charge on any atom is 0.324 e. The number of nitrogens with zero attached hydrogens (tertiary/aromatic N) is 5. The second-order valence-electron chi connectivity index (χ2n) is 12.7. The number of hydrogen-bond donors (Lipinski definition) is 3. The number of benzene rings is 2. The third-order valence-electron chi connectivity index (χ3n) is 8.14. The van der Waals surface area contributed by atoms with Gasteiger partial charge in [-0.25, -0.2) is 19.3 Å². The smallest absolute Gasteiger partial charge is 0.324 e. The SMILES string of the molecule is Cc1ccc(-n2nc(C(C)(C)C)cc2NC(=O)Nc2ccc(CC3CCN(C(=O)Nc4nccc5sncc45)CC3)cc2)cc1. The van der Waals surface area contributed by atoms with Crippen molar-refractivity contribution >= 4 is 51.0 Å². The topological polar surface area (TPSA) is 117 Å². The average molecular weight is 623 g/mol. The van der Waals surface area contributed by atoms with Crippen LogP contribution in [0.5, 0.6) is 0 Å². The number of carbonyl (C=O) groups excluding carboxylic acids is 2. The monoisotopic (exact) mass is 622 g/mol. The number of aryl methyl sites for hydroxylation is 1. The van der Waals surface area contributed by atoms with Gasteiger partial charge in [0.05, 0.1) is 27.7 Å². The molecular weight excluding hydrogens is 584 g/mol. The van der Waals surface area contributed by atoms with Gasteiger partial charge in [-0.05, 0) is 79.5 Å². The van der Waals surface area contributed by atoms with Crippen LogP contribution in [0, 0.1) is 12.8 Å². The van der Waals surface area contributed by atoms with E-state index in [-0.39, 0.29) is 17.5 Å². The molecule has 3 N–H and O–H groups in total. The van der Waals surface area contributed by atoms with Gasteiger partial charge < -0.3 is 10.2 Å². The minimum Gasteiger partial charge on any atom is -0.324 e. The molecule has 1 saturated heterocycles. The number of pyridine rings is 1. The van der Waals surface area contributed by atoms with Crippen LogP contribution < -0.4 is 16.0 Å². The molecule has 0 saturated carbocycles. The molecule has 4 heterocycles. The van der Waals surface area contributed by atoms with Crippen molar-refractivity contribution < 1.29 is 9.59 Å². The van der Waals surface area contributed by atoms with Crippen LogP contribution in [0.3, 0.4) is 0 Å². The molecule has 10 nitrogen and oxygen atoms in total. The first kappa shape index (κ1) is 30.3. The molecule has 1 fully saturated rings. The molecule has 2 aromatic carbocycles. The predicted octanol–water partition coefficient (Wildman–Crippen LogP) is 7.61. The van der Waals surface area contributed by atoms with Crippen molar-refractivity contribution in [1.82, 2.24) is 24.0 Å². The summed E-state index contributed by atoms with van der Waals surface area (Å²) in [6.07, 6.45) is 6.22. The zero-order valence-corrected chi connectivity index (χ0v) is 26.8. The highest BCUT2D eigenvalue weighted by Crippen LogP contribution is 2.28. The summed E-state index contributed by atoms with van der Waals surface area (Å²) in [6.45, 7) is 9.74. The van der Waals surface area contributed by atoms with E-state index in [2.05, 4.69) is 58.2 Å². The van der Waals surface area contributed by atoms with E-state index in [0.29, 0.717) is 36.3 Å². The highest BCUT2D eigenvalue weighted by molar-refractivity contribution is 7.13. The van der Waals surface area contributed by atoms with Gasteiger partial charge in [-0.2, -0.15) is 9.47 Å². The zero-order valence-electron chi connectivity index (χ0n) is 26.0. The Morgan fingerprint density at radius 3 is 2.40 bits per heavy atom. The Morgan fingerprint density at radius 2 is 1.69 bits per heavy atom. The van der Waals surface area contributed by atoms with Gasteiger partial charge in [0.15, 0.2) is 0 Å². The van der Waals surface area contributed by atoms with E-state index in [1.165, 1.54) is 17.1 Å². The Kier molecular flexibility index (Phi) is 8.53. The van der Waals surface area contributed by atoms with Crippen LogP contribution in [0.15, 0.2) is 73.1 Å². The van der Waals surface area contributed by atoms with Crippen LogP contribution in [-0.4, -0.2) is 49.2 Å². The van der Waals surface area contributed by atoms with E-state index in [1.54, 1.807) is 17.1 Å². The molecular formula is C34H38N8O2S. The van der Waals surface area contributed by atoms with E-state index in [1.807, 2.05) is 60.4 Å². The van der Waals surface area contributed by atoms with Gasteiger partial charge in [-0.3, -0.25) is 10.6 Å². The van der Waals surface area contributed by atoms with Gasteiger partial charge in [0.2, 0.25) is 0 Å². The van der Waals surface area contributed by atoms with Crippen LogP contribution in [0.1, 0.15) is 50.4 Å². The van der Waals surface area contributed by atoms with Crippen LogP contribution in [0.25, 0.3) is 15.8 Å². The lowest BCUT2D eigenvalue weighted by Crippen LogP contribution is -2.41. The third kappa shape index (κ3) is 7.15. The molecule has 0 radical (unpaired) electrons. The molecule has 1 aliphatic heterocycles. The third-order valence-corrected chi connectivity index (χ3v) is 8.91. The first-order valence-electron chi connectivity index (χ1n) is 15.2. The first-order valence-corrected chi connectivity index (χ1v) is 16.0. The quantitative estimate of drug-likeness (QED) is 0.180. The molecule has 0 unspecified atom stereocenters. The number of hydrogen-bond acceptors (Lipinski definition) is 6.